The lowest BCUT2D eigenvalue weighted by Crippen LogP contribution is -2.38. The molecule has 0 bridgehead atoms. The molecule has 1 saturated heterocycles. The van der Waals surface area contributed by atoms with Crippen LogP contribution in [0.15, 0.2) is 22.6 Å². The number of hydrogen-bond donors (Lipinski definition) is 1. The van der Waals surface area contributed by atoms with Crippen LogP contribution in [0.3, 0.4) is 0 Å². The lowest BCUT2D eigenvalue weighted by molar-refractivity contribution is 0.0588. The number of nitrogens with zero attached hydrogens (tertiary/aromatic N) is 3. The molecule has 1 aliphatic rings. The minimum absolute atomic E-state index is 0.225. The van der Waals surface area contributed by atoms with Gasteiger partial charge in [0.15, 0.2) is 0 Å². The molecule has 0 aliphatic carbocycles. The maximum atomic E-state index is 9.70. The maximum absolute atomic E-state index is 9.70. The third-order valence-corrected chi connectivity index (χ3v) is 5.16. The molecule has 1 aromatic heterocycles. The largest absolute Gasteiger partial charge is 0.409 e. The van der Waals surface area contributed by atoms with Gasteiger partial charge >= 0.3 is 0 Å². The number of aromatic nitrogens is 2. The summed E-state index contributed by atoms with van der Waals surface area (Å²) in [6.45, 7) is 8.54. The monoisotopic (exact) mass is 347 g/mol. The molecule has 1 unspecified atom stereocenters. The Morgan fingerprint density at radius 2 is 2.04 bits per heavy atom. The van der Waals surface area contributed by atoms with Gasteiger partial charge in [0.05, 0.1) is 12.8 Å². The highest BCUT2D eigenvalue weighted by molar-refractivity contribution is 7.71. The molecule has 6 heteroatoms. The van der Waals surface area contributed by atoms with E-state index in [-0.39, 0.29) is 6.10 Å². The van der Waals surface area contributed by atoms with Crippen LogP contribution in [-0.2, 0) is 6.67 Å². The van der Waals surface area contributed by atoms with Gasteiger partial charge in [0.25, 0.3) is 4.84 Å². The molecule has 24 heavy (non-hydrogen) atoms. The average molecular weight is 347 g/mol. The molecule has 2 heterocycles. The van der Waals surface area contributed by atoms with Crippen molar-refractivity contribution in [1.82, 2.24) is 14.7 Å². The molecule has 3 rings (SSSR count). The first-order valence-electron chi connectivity index (χ1n) is 8.50. The van der Waals surface area contributed by atoms with Gasteiger partial charge in [-0.3, -0.25) is 4.90 Å². The highest BCUT2D eigenvalue weighted by Crippen LogP contribution is 2.24. The summed E-state index contributed by atoms with van der Waals surface area (Å²) in [5, 5.41) is 14.3. The second kappa shape index (κ2) is 7.17. The molecule has 0 spiro atoms. The Kier molecular flexibility index (Phi) is 5.18. The molecule has 130 valence electrons. The fraction of sp³-hybridized carbons (Fsp3) is 0.556. The minimum atomic E-state index is -0.225. The summed E-state index contributed by atoms with van der Waals surface area (Å²) < 4.78 is 7.48. The highest BCUT2D eigenvalue weighted by atomic mass is 32.1. The summed E-state index contributed by atoms with van der Waals surface area (Å²) in [5.41, 5.74) is 3.34. The summed E-state index contributed by atoms with van der Waals surface area (Å²) in [4.78, 5) is 2.71. The first-order valence-corrected chi connectivity index (χ1v) is 8.91. The predicted molar refractivity (Wildman–Crippen MR) is 96.2 cm³/mol. The lowest BCUT2D eigenvalue weighted by atomic mass is 9.92. The van der Waals surface area contributed by atoms with Crippen molar-refractivity contribution in [2.45, 2.75) is 46.4 Å². The van der Waals surface area contributed by atoms with Gasteiger partial charge in [0.2, 0.25) is 5.89 Å². The molecule has 1 fully saturated rings. The quantitative estimate of drug-likeness (QED) is 0.858. The first kappa shape index (κ1) is 17.3. The lowest BCUT2D eigenvalue weighted by Gasteiger charge is -2.32. The summed E-state index contributed by atoms with van der Waals surface area (Å²) >= 11 is 5.34. The van der Waals surface area contributed by atoms with E-state index >= 15 is 0 Å². The van der Waals surface area contributed by atoms with Crippen LogP contribution in [0.4, 0.5) is 0 Å². The molecule has 1 atom stereocenters. The van der Waals surface area contributed by atoms with Gasteiger partial charge < -0.3 is 9.52 Å². The molecule has 1 aromatic carbocycles. The van der Waals surface area contributed by atoms with Crippen LogP contribution in [0.25, 0.3) is 11.5 Å². The van der Waals surface area contributed by atoms with Crippen LogP contribution < -0.4 is 0 Å². The SMILES string of the molecule is Cc1ccc(-c2nn(CN3CCC(C(C)O)CC3)c(=S)o2)c(C)c1. The van der Waals surface area contributed by atoms with Crippen molar-refractivity contribution in [2.24, 2.45) is 5.92 Å². The standard InChI is InChI=1S/C18H25N3O2S/c1-12-4-5-16(13(2)10-12)17-19-21(18(24)23-17)11-20-8-6-15(7-9-20)14(3)22/h4-5,10,14-15,22H,6-9,11H2,1-3H3. The van der Waals surface area contributed by atoms with Crippen molar-refractivity contribution in [3.05, 3.63) is 34.2 Å². The number of benzene rings is 1. The van der Waals surface area contributed by atoms with E-state index in [0.717, 1.165) is 37.1 Å². The predicted octanol–water partition coefficient (Wildman–Crippen LogP) is 3.54. The molecule has 1 N–H and O–H groups in total. The summed E-state index contributed by atoms with van der Waals surface area (Å²) in [7, 11) is 0. The van der Waals surface area contributed by atoms with Crippen molar-refractivity contribution in [3.63, 3.8) is 0 Å². The van der Waals surface area contributed by atoms with Crippen molar-refractivity contribution in [3.8, 4) is 11.5 Å². The van der Waals surface area contributed by atoms with Crippen molar-refractivity contribution in [2.75, 3.05) is 13.1 Å². The molecular weight excluding hydrogens is 322 g/mol. The molecule has 5 nitrogen and oxygen atoms in total. The smallest absolute Gasteiger partial charge is 0.288 e. The zero-order valence-electron chi connectivity index (χ0n) is 14.5. The summed E-state index contributed by atoms with van der Waals surface area (Å²) in [5.74, 6) is 0.980. The third kappa shape index (κ3) is 3.77. The molecule has 1 aliphatic heterocycles. The van der Waals surface area contributed by atoms with Gasteiger partial charge in [-0.2, -0.15) is 0 Å². The zero-order valence-corrected chi connectivity index (χ0v) is 15.3. The molecule has 0 radical (unpaired) electrons. The van der Waals surface area contributed by atoms with Gasteiger partial charge in [-0.05, 0) is 63.4 Å². The second-order valence-corrected chi connectivity index (χ2v) is 7.18. The van der Waals surface area contributed by atoms with E-state index in [1.165, 1.54) is 5.56 Å². The van der Waals surface area contributed by atoms with Crippen LogP contribution in [0, 0.1) is 24.6 Å². The van der Waals surface area contributed by atoms with Gasteiger partial charge in [0.1, 0.15) is 0 Å². The Morgan fingerprint density at radius 1 is 1.33 bits per heavy atom. The van der Waals surface area contributed by atoms with E-state index in [1.54, 1.807) is 4.68 Å². The van der Waals surface area contributed by atoms with Crippen molar-refractivity contribution < 1.29 is 9.52 Å². The van der Waals surface area contributed by atoms with Crippen molar-refractivity contribution >= 4 is 12.2 Å². The maximum Gasteiger partial charge on any atom is 0.288 e. The summed E-state index contributed by atoms with van der Waals surface area (Å²) in [6, 6.07) is 6.21. The molecule has 0 amide bonds. The van der Waals surface area contributed by atoms with E-state index in [2.05, 4.69) is 36.0 Å². The summed E-state index contributed by atoms with van der Waals surface area (Å²) in [6.07, 6.45) is 1.79. The van der Waals surface area contributed by atoms with Gasteiger partial charge in [-0.25, -0.2) is 4.68 Å². The van der Waals surface area contributed by atoms with Gasteiger partial charge in [0, 0.05) is 18.7 Å². The fourth-order valence-corrected chi connectivity index (χ4v) is 3.50. The Morgan fingerprint density at radius 3 is 2.67 bits per heavy atom. The van der Waals surface area contributed by atoms with E-state index in [9.17, 15) is 5.11 Å². The van der Waals surface area contributed by atoms with Crippen LogP contribution >= 0.6 is 12.2 Å². The number of hydrogen-bond acceptors (Lipinski definition) is 5. The highest BCUT2D eigenvalue weighted by Gasteiger charge is 2.23. The van der Waals surface area contributed by atoms with Crippen LogP contribution in [0.5, 0.6) is 0 Å². The Balaban J connectivity index is 1.72. The number of rotatable bonds is 4. The number of likely N-dealkylation sites (tertiary alicyclic amines) is 1. The van der Waals surface area contributed by atoms with Gasteiger partial charge in [-0.15, -0.1) is 5.10 Å². The molecular formula is C18H25N3O2S. The number of aryl methyl sites for hydroxylation is 2. The Bertz CT molecular complexity index is 758. The van der Waals surface area contributed by atoms with Gasteiger partial charge in [-0.1, -0.05) is 17.7 Å². The Labute approximate surface area is 147 Å². The average Bonchev–Trinajstić information content (AvgIpc) is 2.88. The van der Waals surface area contributed by atoms with E-state index < -0.39 is 0 Å². The zero-order chi connectivity index (χ0) is 17.3. The van der Waals surface area contributed by atoms with Crippen molar-refractivity contribution in [1.29, 1.82) is 0 Å². The van der Waals surface area contributed by atoms with Crippen LogP contribution in [0.2, 0.25) is 0 Å². The van der Waals surface area contributed by atoms with E-state index in [0.29, 0.717) is 23.3 Å². The minimum Gasteiger partial charge on any atom is -0.409 e. The number of aliphatic hydroxyl groups excluding tert-OH is 1. The fourth-order valence-electron chi connectivity index (χ4n) is 3.32. The first-order chi connectivity index (χ1) is 11.4. The van der Waals surface area contributed by atoms with Crippen LogP contribution in [0.1, 0.15) is 30.9 Å². The van der Waals surface area contributed by atoms with E-state index in [4.69, 9.17) is 16.6 Å². The van der Waals surface area contributed by atoms with Crippen LogP contribution in [-0.4, -0.2) is 39.0 Å². The Hall–Kier alpha value is -1.50. The second-order valence-electron chi connectivity index (χ2n) is 6.83. The van der Waals surface area contributed by atoms with E-state index in [1.807, 2.05) is 13.0 Å². The topological polar surface area (TPSA) is 54.4 Å². The normalized spacial score (nSPS) is 18.0. The number of aliphatic hydroxyl groups is 1. The number of piperidine rings is 1. The molecule has 0 saturated carbocycles. The molecule has 2 aromatic rings. The third-order valence-electron chi connectivity index (χ3n) is 4.87.